The van der Waals surface area contributed by atoms with Gasteiger partial charge in [0, 0.05) is 37.2 Å². The number of carbonyl (C=O) groups excluding carboxylic acids is 1. The standard InChI is InChI=1S/C26H33N3O4/c1-17-12-20(27-33-17)14-24(31)28-9-6-25-7-10-29(16-18-2-3-18)23(26(25,32)8-11-28)13-19-4-5-21(30)15-22(19)25/h4-5,12,15,18,23,30,32H,2-3,6-11,13-14,16H2,1H3. The van der Waals surface area contributed by atoms with Gasteiger partial charge in [-0.15, -0.1) is 0 Å². The number of rotatable bonds is 4. The molecule has 176 valence electrons. The van der Waals surface area contributed by atoms with E-state index >= 15 is 0 Å². The lowest BCUT2D eigenvalue weighted by Gasteiger charge is -2.61. The maximum absolute atomic E-state index is 13.2. The van der Waals surface area contributed by atoms with Crippen LogP contribution >= 0.6 is 0 Å². The summed E-state index contributed by atoms with van der Waals surface area (Å²) in [5.41, 5.74) is 1.62. The first-order valence-electron chi connectivity index (χ1n) is 12.4. The molecule has 6 rings (SSSR count). The Kier molecular flexibility index (Phi) is 4.86. The molecular formula is C26H33N3O4. The van der Waals surface area contributed by atoms with Gasteiger partial charge in [0.2, 0.25) is 5.91 Å². The molecule has 33 heavy (non-hydrogen) atoms. The molecule has 7 heteroatoms. The van der Waals surface area contributed by atoms with Crippen molar-refractivity contribution < 1.29 is 19.5 Å². The number of hydrogen-bond acceptors (Lipinski definition) is 6. The second-order valence-electron chi connectivity index (χ2n) is 10.7. The van der Waals surface area contributed by atoms with Gasteiger partial charge in [0.15, 0.2) is 0 Å². The van der Waals surface area contributed by atoms with Crippen molar-refractivity contribution in [2.24, 2.45) is 5.92 Å². The van der Waals surface area contributed by atoms with Crippen LogP contribution in [0.3, 0.4) is 0 Å². The van der Waals surface area contributed by atoms with Gasteiger partial charge < -0.3 is 19.6 Å². The van der Waals surface area contributed by atoms with Crippen molar-refractivity contribution in [3.63, 3.8) is 0 Å². The molecule has 2 aliphatic carbocycles. The Morgan fingerprint density at radius 3 is 2.73 bits per heavy atom. The van der Waals surface area contributed by atoms with Crippen LogP contribution in [0, 0.1) is 12.8 Å². The maximum Gasteiger partial charge on any atom is 0.228 e. The van der Waals surface area contributed by atoms with Crippen LogP contribution < -0.4 is 0 Å². The molecule has 1 saturated carbocycles. The number of likely N-dealkylation sites (tertiary alicyclic amines) is 2. The van der Waals surface area contributed by atoms with E-state index in [4.69, 9.17) is 4.52 Å². The smallest absolute Gasteiger partial charge is 0.228 e. The van der Waals surface area contributed by atoms with Crippen molar-refractivity contribution in [3.05, 3.63) is 46.8 Å². The number of amides is 1. The number of aromatic hydroxyl groups is 1. The molecule has 2 saturated heterocycles. The number of aliphatic hydroxyl groups is 1. The van der Waals surface area contributed by atoms with Crippen LogP contribution in [0.2, 0.25) is 0 Å². The number of aryl methyl sites for hydroxylation is 1. The Hall–Kier alpha value is -2.38. The topological polar surface area (TPSA) is 90.0 Å². The first kappa shape index (κ1) is 21.2. The Morgan fingerprint density at radius 2 is 1.97 bits per heavy atom. The van der Waals surface area contributed by atoms with Crippen molar-refractivity contribution >= 4 is 5.91 Å². The molecular weight excluding hydrogens is 418 g/mol. The molecule has 2 aliphatic heterocycles. The summed E-state index contributed by atoms with van der Waals surface area (Å²) in [6.45, 7) is 4.99. The highest BCUT2D eigenvalue weighted by Crippen LogP contribution is 2.56. The minimum Gasteiger partial charge on any atom is -0.508 e. The predicted octanol–water partition coefficient (Wildman–Crippen LogP) is 2.56. The molecule has 2 N–H and O–H groups in total. The van der Waals surface area contributed by atoms with Crippen molar-refractivity contribution in [3.8, 4) is 5.75 Å². The number of phenols is 1. The third-order valence-electron chi connectivity index (χ3n) is 8.79. The quantitative estimate of drug-likeness (QED) is 0.743. The monoisotopic (exact) mass is 451 g/mol. The van der Waals surface area contributed by atoms with Gasteiger partial charge in [-0.25, -0.2) is 0 Å². The molecule has 3 fully saturated rings. The zero-order chi connectivity index (χ0) is 22.8. The molecule has 1 aromatic heterocycles. The van der Waals surface area contributed by atoms with E-state index in [9.17, 15) is 15.0 Å². The highest BCUT2D eigenvalue weighted by atomic mass is 16.5. The first-order chi connectivity index (χ1) is 15.9. The number of benzene rings is 1. The SMILES string of the molecule is Cc1cc(CC(=O)N2CCC34CCN(CC5CC5)C(Cc5ccc(O)cc53)C4(O)CC2)no1. The zero-order valence-electron chi connectivity index (χ0n) is 19.3. The Morgan fingerprint density at radius 1 is 1.18 bits per heavy atom. The molecule has 1 amide bonds. The van der Waals surface area contributed by atoms with Gasteiger partial charge in [0.1, 0.15) is 11.5 Å². The predicted molar refractivity (Wildman–Crippen MR) is 122 cm³/mol. The van der Waals surface area contributed by atoms with E-state index in [1.54, 1.807) is 6.07 Å². The molecule has 0 radical (unpaired) electrons. The summed E-state index contributed by atoms with van der Waals surface area (Å²) >= 11 is 0. The van der Waals surface area contributed by atoms with E-state index in [1.165, 1.54) is 18.4 Å². The lowest BCUT2D eigenvalue weighted by Crippen LogP contribution is -2.71. The summed E-state index contributed by atoms with van der Waals surface area (Å²) in [6.07, 6.45) is 5.72. The lowest BCUT2D eigenvalue weighted by atomic mass is 9.52. The second kappa shape index (κ2) is 7.57. The highest BCUT2D eigenvalue weighted by molar-refractivity contribution is 5.78. The molecule has 3 unspecified atom stereocenters. The fraction of sp³-hybridized carbons (Fsp3) is 0.615. The largest absolute Gasteiger partial charge is 0.508 e. The number of piperidine rings is 1. The summed E-state index contributed by atoms with van der Waals surface area (Å²) in [7, 11) is 0. The third-order valence-corrected chi connectivity index (χ3v) is 8.79. The Balaban J connectivity index is 1.34. The molecule has 4 aliphatic rings. The molecule has 7 nitrogen and oxygen atoms in total. The van der Waals surface area contributed by atoms with E-state index in [0.29, 0.717) is 37.4 Å². The number of phenolic OH excluding ortho intramolecular Hbond substituents is 1. The molecule has 3 atom stereocenters. The van der Waals surface area contributed by atoms with Gasteiger partial charge >= 0.3 is 0 Å². The van der Waals surface area contributed by atoms with Gasteiger partial charge in [0.25, 0.3) is 0 Å². The van der Waals surface area contributed by atoms with Crippen LogP contribution in [-0.2, 0) is 23.1 Å². The van der Waals surface area contributed by atoms with E-state index in [2.05, 4.69) is 10.1 Å². The number of fused-ring (bicyclic) bond motifs is 1. The van der Waals surface area contributed by atoms with Gasteiger partial charge in [-0.3, -0.25) is 9.69 Å². The van der Waals surface area contributed by atoms with Gasteiger partial charge in [-0.05, 0) is 81.2 Å². The van der Waals surface area contributed by atoms with E-state index in [0.717, 1.165) is 37.4 Å². The van der Waals surface area contributed by atoms with Crippen molar-refractivity contribution in [2.75, 3.05) is 26.2 Å². The van der Waals surface area contributed by atoms with Crippen LogP contribution in [0.25, 0.3) is 0 Å². The Bertz CT molecular complexity index is 1080. The number of carbonyl (C=O) groups is 1. The summed E-state index contributed by atoms with van der Waals surface area (Å²) in [6, 6.07) is 7.55. The van der Waals surface area contributed by atoms with E-state index < -0.39 is 11.0 Å². The fourth-order valence-corrected chi connectivity index (χ4v) is 6.88. The van der Waals surface area contributed by atoms with Gasteiger partial charge in [0.05, 0.1) is 17.7 Å². The average Bonchev–Trinajstić information content (AvgIpc) is 3.53. The van der Waals surface area contributed by atoms with Crippen LogP contribution in [-0.4, -0.2) is 68.9 Å². The zero-order valence-corrected chi connectivity index (χ0v) is 19.3. The molecule has 0 spiro atoms. The summed E-state index contributed by atoms with van der Waals surface area (Å²) < 4.78 is 5.14. The van der Waals surface area contributed by atoms with E-state index in [-0.39, 0.29) is 24.1 Å². The van der Waals surface area contributed by atoms with Crippen LogP contribution in [0.5, 0.6) is 5.75 Å². The van der Waals surface area contributed by atoms with Gasteiger partial charge in [-0.2, -0.15) is 0 Å². The van der Waals surface area contributed by atoms with Crippen molar-refractivity contribution in [2.45, 2.75) is 68.9 Å². The number of hydrogen-bond donors (Lipinski definition) is 2. The highest BCUT2D eigenvalue weighted by Gasteiger charge is 2.63. The van der Waals surface area contributed by atoms with Crippen LogP contribution in [0.1, 0.15) is 54.7 Å². The second-order valence-corrected chi connectivity index (χ2v) is 10.7. The Labute approximate surface area is 194 Å². The minimum absolute atomic E-state index is 0.0301. The van der Waals surface area contributed by atoms with Gasteiger partial charge in [-0.1, -0.05) is 11.2 Å². The van der Waals surface area contributed by atoms with Crippen molar-refractivity contribution in [1.82, 2.24) is 15.0 Å². The molecule has 2 bridgehead atoms. The summed E-state index contributed by atoms with van der Waals surface area (Å²) in [4.78, 5) is 17.6. The number of aromatic nitrogens is 1. The lowest BCUT2D eigenvalue weighted by molar-refractivity contribution is -0.149. The molecule has 2 aromatic rings. The summed E-state index contributed by atoms with van der Waals surface area (Å²) in [5, 5.41) is 26.8. The first-order valence-corrected chi connectivity index (χ1v) is 12.4. The average molecular weight is 452 g/mol. The summed E-state index contributed by atoms with van der Waals surface area (Å²) in [5.74, 6) is 1.75. The van der Waals surface area contributed by atoms with Crippen molar-refractivity contribution in [1.29, 1.82) is 0 Å². The van der Waals surface area contributed by atoms with Crippen LogP contribution in [0.4, 0.5) is 0 Å². The van der Waals surface area contributed by atoms with E-state index in [1.807, 2.05) is 30.0 Å². The number of nitrogens with zero attached hydrogens (tertiary/aromatic N) is 3. The normalized spacial score (nSPS) is 31.6. The fourth-order valence-electron chi connectivity index (χ4n) is 6.88. The molecule has 1 aromatic carbocycles. The minimum atomic E-state index is -0.916. The maximum atomic E-state index is 13.2. The third kappa shape index (κ3) is 3.39. The van der Waals surface area contributed by atoms with Crippen LogP contribution in [0.15, 0.2) is 28.8 Å². The molecule has 3 heterocycles.